The summed E-state index contributed by atoms with van der Waals surface area (Å²) >= 11 is 0. The van der Waals surface area contributed by atoms with Crippen molar-refractivity contribution in [3.8, 4) is 11.3 Å². The molecule has 0 saturated carbocycles. The summed E-state index contributed by atoms with van der Waals surface area (Å²) in [5.74, 6) is 0. The second kappa shape index (κ2) is 11.6. The third-order valence-electron chi connectivity index (χ3n) is 6.55. The van der Waals surface area contributed by atoms with E-state index >= 15 is 0 Å². The minimum absolute atomic E-state index is 0.234. The molecule has 1 aromatic heterocycles. The number of benzene rings is 4. The summed E-state index contributed by atoms with van der Waals surface area (Å²) in [6, 6.07) is 39.3. The van der Waals surface area contributed by atoms with Crippen LogP contribution >= 0.6 is 0 Å². The zero-order valence-corrected chi connectivity index (χ0v) is 22.3. The normalized spacial score (nSPS) is 11.6. The van der Waals surface area contributed by atoms with Crippen LogP contribution in [-0.2, 0) is 29.5 Å². The van der Waals surface area contributed by atoms with E-state index in [1.165, 1.54) is 15.2 Å². The van der Waals surface area contributed by atoms with Gasteiger partial charge in [-0.2, -0.15) is 17.6 Å². The van der Waals surface area contributed by atoms with Gasteiger partial charge in [0, 0.05) is 31.6 Å². The topological polar surface area (TPSA) is 55.2 Å². The number of nitrogens with zero attached hydrogens (tertiary/aromatic N) is 3. The van der Waals surface area contributed by atoms with Gasteiger partial charge in [-0.15, -0.1) is 0 Å². The van der Waals surface area contributed by atoms with E-state index in [4.69, 9.17) is 0 Å². The van der Waals surface area contributed by atoms with Crippen molar-refractivity contribution < 1.29 is 8.42 Å². The molecule has 0 bridgehead atoms. The lowest BCUT2D eigenvalue weighted by atomic mass is 10.1. The van der Waals surface area contributed by atoms with Gasteiger partial charge in [0.2, 0.25) is 0 Å². The minimum Gasteiger partial charge on any atom is -0.294 e. The van der Waals surface area contributed by atoms with Gasteiger partial charge in [0.1, 0.15) is 0 Å². The molecule has 4 aromatic carbocycles. The van der Waals surface area contributed by atoms with Gasteiger partial charge in [-0.3, -0.25) is 4.90 Å². The molecule has 38 heavy (non-hydrogen) atoms. The van der Waals surface area contributed by atoms with Gasteiger partial charge in [-0.25, -0.2) is 0 Å². The van der Waals surface area contributed by atoms with Crippen molar-refractivity contribution in [2.24, 2.45) is 0 Å². The SMILES string of the molecule is Cc1ccc(S(=O)(=O)n2nc(-c3ccccc3)cc2CCN(Cc2ccccc2)Cc2ccccc2)cc1. The van der Waals surface area contributed by atoms with E-state index in [1.807, 2.05) is 91.9 Å². The van der Waals surface area contributed by atoms with Crippen LogP contribution in [0.4, 0.5) is 0 Å². The molecule has 0 fully saturated rings. The molecule has 192 valence electrons. The first-order valence-corrected chi connectivity index (χ1v) is 14.2. The molecule has 1 heterocycles. The molecule has 0 aliphatic carbocycles. The van der Waals surface area contributed by atoms with E-state index in [0.717, 1.165) is 24.2 Å². The van der Waals surface area contributed by atoms with Crippen LogP contribution < -0.4 is 0 Å². The number of rotatable bonds is 10. The van der Waals surface area contributed by atoms with Crippen molar-refractivity contribution >= 4 is 10.0 Å². The summed E-state index contributed by atoms with van der Waals surface area (Å²) < 4.78 is 28.7. The molecule has 0 spiro atoms. The van der Waals surface area contributed by atoms with Crippen LogP contribution in [0.1, 0.15) is 22.4 Å². The standard InChI is InChI=1S/C32H31N3O2S/c1-26-17-19-31(20-18-26)38(36,37)35-30(23-32(33-35)29-15-9-4-10-16-29)21-22-34(24-27-11-5-2-6-12-27)25-28-13-7-3-8-14-28/h2-20,23H,21-22,24-25H2,1H3. The largest absolute Gasteiger partial charge is 0.294 e. The van der Waals surface area contributed by atoms with Crippen LogP contribution in [0, 0.1) is 6.92 Å². The molecule has 0 unspecified atom stereocenters. The maximum absolute atomic E-state index is 13.7. The molecule has 0 saturated heterocycles. The zero-order valence-electron chi connectivity index (χ0n) is 21.4. The predicted octanol–water partition coefficient (Wildman–Crippen LogP) is 6.34. The molecule has 0 amide bonds. The molecule has 5 rings (SSSR count). The van der Waals surface area contributed by atoms with Gasteiger partial charge in [-0.05, 0) is 36.2 Å². The van der Waals surface area contributed by atoms with Crippen LogP contribution in [0.5, 0.6) is 0 Å². The first kappa shape index (κ1) is 25.6. The summed E-state index contributed by atoms with van der Waals surface area (Å²) in [4.78, 5) is 2.58. The predicted molar refractivity (Wildman–Crippen MR) is 152 cm³/mol. The van der Waals surface area contributed by atoms with Gasteiger partial charge in [-0.1, -0.05) is 109 Å². The van der Waals surface area contributed by atoms with Crippen molar-refractivity contribution in [3.63, 3.8) is 0 Å². The van der Waals surface area contributed by atoms with Crippen LogP contribution in [0.25, 0.3) is 11.3 Å². The summed E-state index contributed by atoms with van der Waals surface area (Å²) in [6.07, 6.45) is 0.532. The maximum atomic E-state index is 13.7. The Bertz CT molecular complexity index is 1520. The summed E-state index contributed by atoms with van der Waals surface area (Å²) in [7, 11) is -3.85. The van der Waals surface area contributed by atoms with Crippen LogP contribution in [0.15, 0.2) is 126 Å². The molecule has 0 N–H and O–H groups in total. The second-order valence-electron chi connectivity index (χ2n) is 9.48. The van der Waals surface area contributed by atoms with Crippen molar-refractivity contribution in [2.45, 2.75) is 31.3 Å². The average Bonchev–Trinajstić information content (AvgIpc) is 3.39. The number of hydrogen-bond acceptors (Lipinski definition) is 4. The molecule has 0 aliphatic heterocycles. The Labute approximate surface area is 225 Å². The minimum atomic E-state index is -3.85. The van der Waals surface area contributed by atoms with Gasteiger partial charge in [0.15, 0.2) is 0 Å². The molecular formula is C32H31N3O2S. The lowest BCUT2D eigenvalue weighted by Gasteiger charge is -2.23. The van der Waals surface area contributed by atoms with E-state index in [9.17, 15) is 8.42 Å². The molecule has 6 heteroatoms. The van der Waals surface area contributed by atoms with E-state index in [2.05, 4.69) is 34.3 Å². The van der Waals surface area contributed by atoms with Crippen molar-refractivity contribution in [1.29, 1.82) is 0 Å². The molecule has 0 atom stereocenters. The first-order valence-electron chi connectivity index (χ1n) is 12.8. The second-order valence-corrected chi connectivity index (χ2v) is 11.2. The van der Waals surface area contributed by atoms with E-state index < -0.39 is 10.0 Å². The Balaban J connectivity index is 1.47. The fourth-order valence-electron chi connectivity index (χ4n) is 4.51. The van der Waals surface area contributed by atoms with Crippen LogP contribution in [0.3, 0.4) is 0 Å². The molecule has 0 radical (unpaired) electrons. The third kappa shape index (κ3) is 6.10. The maximum Gasteiger partial charge on any atom is 0.283 e. The summed E-state index contributed by atoms with van der Waals surface area (Å²) in [5.41, 5.74) is 5.64. The Kier molecular flexibility index (Phi) is 7.82. The lowest BCUT2D eigenvalue weighted by Crippen LogP contribution is -2.27. The van der Waals surface area contributed by atoms with Gasteiger partial charge in [0.05, 0.1) is 16.3 Å². The number of aryl methyl sites for hydroxylation is 1. The molecular weight excluding hydrogens is 490 g/mol. The Morgan fingerprint density at radius 2 is 1.24 bits per heavy atom. The number of aromatic nitrogens is 2. The fraction of sp³-hybridized carbons (Fsp3) is 0.156. The smallest absolute Gasteiger partial charge is 0.283 e. The summed E-state index contributed by atoms with van der Waals surface area (Å²) in [6.45, 7) is 4.14. The van der Waals surface area contributed by atoms with E-state index in [1.54, 1.807) is 12.1 Å². The van der Waals surface area contributed by atoms with E-state index in [-0.39, 0.29) is 4.90 Å². The van der Waals surface area contributed by atoms with Crippen molar-refractivity contribution in [2.75, 3.05) is 6.54 Å². The lowest BCUT2D eigenvalue weighted by molar-refractivity contribution is 0.259. The summed E-state index contributed by atoms with van der Waals surface area (Å²) in [5, 5.41) is 4.61. The monoisotopic (exact) mass is 521 g/mol. The number of hydrogen-bond donors (Lipinski definition) is 0. The van der Waals surface area contributed by atoms with Gasteiger partial charge >= 0.3 is 0 Å². The highest BCUT2D eigenvalue weighted by molar-refractivity contribution is 7.89. The van der Waals surface area contributed by atoms with Gasteiger partial charge in [0.25, 0.3) is 10.0 Å². The van der Waals surface area contributed by atoms with Crippen molar-refractivity contribution in [1.82, 2.24) is 14.1 Å². The Morgan fingerprint density at radius 3 is 1.79 bits per heavy atom. The molecule has 0 aliphatic rings. The fourth-order valence-corrected chi connectivity index (χ4v) is 5.84. The first-order chi connectivity index (χ1) is 18.5. The molecule has 5 nitrogen and oxygen atoms in total. The van der Waals surface area contributed by atoms with Gasteiger partial charge < -0.3 is 0 Å². The highest BCUT2D eigenvalue weighted by Gasteiger charge is 2.23. The van der Waals surface area contributed by atoms with Crippen LogP contribution in [0.2, 0.25) is 0 Å². The van der Waals surface area contributed by atoms with Crippen molar-refractivity contribution in [3.05, 3.63) is 144 Å². The van der Waals surface area contributed by atoms with Crippen LogP contribution in [-0.4, -0.2) is 29.0 Å². The Morgan fingerprint density at radius 1 is 0.711 bits per heavy atom. The highest BCUT2D eigenvalue weighted by Crippen LogP contribution is 2.24. The zero-order chi connectivity index (χ0) is 26.4. The molecule has 5 aromatic rings. The highest BCUT2D eigenvalue weighted by atomic mass is 32.2. The van der Waals surface area contributed by atoms with E-state index in [0.29, 0.717) is 24.4 Å². The Hall–Kier alpha value is -4.00. The third-order valence-corrected chi connectivity index (χ3v) is 8.19. The quantitative estimate of drug-likeness (QED) is 0.215. The average molecular weight is 522 g/mol.